The Morgan fingerprint density at radius 3 is 2.84 bits per heavy atom. The van der Waals surface area contributed by atoms with Gasteiger partial charge < -0.3 is 16.4 Å². The number of pyridine rings is 1. The molecule has 1 unspecified atom stereocenters. The molecule has 3 aromatic rings. The van der Waals surface area contributed by atoms with Crippen molar-refractivity contribution in [2.24, 2.45) is 5.73 Å². The van der Waals surface area contributed by atoms with Crippen LogP contribution in [0.25, 0.3) is 11.1 Å². The Kier molecular flexibility index (Phi) is 6.28. The number of carbonyl (C=O) groups excluding carboxylic acids is 2. The number of hydrogen-bond acceptors (Lipinski definition) is 4. The number of anilines is 1. The molecule has 0 radical (unpaired) electrons. The normalized spacial score (nSPS) is 16.1. The minimum Gasteiger partial charge on any atom is -0.348 e. The van der Waals surface area contributed by atoms with E-state index in [4.69, 9.17) is 5.73 Å². The molecule has 7 heteroatoms. The summed E-state index contributed by atoms with van der Waals surface area (Å²) in [5.74, 6) is -0.0208. The van der Waals surface area contributed by atoms with Crippen molar-refractivity contribution >= 4 is 17.6 Å². The fourth-order valence-corrected chi connectivity index (χ4v) is 4.13. The molecule has 6 nitrogen and oxygen atoms in total. The Labute approximate surface area is 186 Å². The van der Waals surface area contributed by atoms with Gasteiger partial charge in [-0.15, -0.1) is 0 Å². The predicted molar refractivity (Wildman–Crippen MR) is 122 cm³/mol. The van der Waals surface area contributed by atoms with Crippen molar-refractivity contribution in [3.63, 3.8) is 0 Å². The fraction of sp³-hybridized carbons (Fsp3) is 0.240. The van der Waals surface area contributed by atoms with E-state index in [0.717, 1.165) is 22.3 Å². The molecule has 2 aromatic carbocycles. The molecular formula is C25H25FN4O2. The van der Waals surface area contributed by atoms with Crippen molar-refractivity contribution in [3.8, 4) is 11.1 Å². The number of halogens is 1. The number of nitrogens with one attached hydrogen (secondary N) is 2. The number of rotatable bonds is 6. The molecule has 0 saturated carbocycles. The predicted octanol–water partition coefficient (Wildman–Crippen LogP) is 3.63. The fourth-order valence-electron chi connectivity index (χ4n) is 4.13. The Morgan fingerprint density at radius 1 is 1.25 bits per heavy atom. The van der Waals surface area contributed by atoms with Crippen LogP contribution in [0.3, 0.4) is 0 Å². The maximum absolute atomic E-state index is 13.5. The largest absolute Gasteiger partial charge is 0.348 e. The lowest BCUT2D eigenvalue weighted by Gasteiger charge is -2.24. The molecule has 0 fully saturated rings. The number of hydrogen-bond donors (Lipinski definition) is 3. The highest BCUT2D eigenvalue weighted by molar-refractivity contribution is 5.97. The van der Waals surface area contributed by atoms with Crippen LogP contribution < -0.4 is 16.4 Å². The first-order valence-electron chi connectivity index (χ1n) is 10.6. The van der Waals surface area contributed by atoms with E-state index in [-0.39, 0.29) is 36.1 Å². The number of amides is 2. The highest BCUT2D eigenvalue weighted by Gasteiger charge is 2.26. The first kappa shape index (κ1) is 21.6. The van der Waals surface area contributed by atoms with Crippen molar-refractivity contribution in [3.05, 3.63) is 83.3 Å². The van der Waals surface area contributed by atoms with E-state index in [9.17, 15) is 14.0 Å². The number of benzene rings is 2. The molecule has 0 saturated heterocycles. The molecule has 1 aromatic heterocycles. The summed E-state index contributed by atoms with van der Waals surface area (Å²) in [5, 5.41) is 5.78. The Balaban J connectivity index is 1.56. The quantitative estimate of drug-likeness (QED) is 0.554. The Bertz CT molecular complexity index is 1160. The second-order valence-corrected chi connectivity index (χ2v) is 8.10. The molecule has 2 heterocycles. The topological polar surface area (TPSA) is 97.1 Å². The minimum absolute atomic E-state index is 0.0211. The maximum atomic E-state index is 13.5. The van der Waals surface area contributed by atoms with E-state index in [1.165, 1.54) is 12.1 Å². The standard InChI is InChI=1S/C25H25FN4O2/c1-15-10-22(31)30-24-23(15)21(8-9-28-24)17-5-3-6-18(13-17)25(32)29-20(14-27)12-16-4-2-7-19(26)11-16/h2-9,11,13,15,20H,10,12,14,27H2,1H3,(H,29,32)(H,28,30,31)/t15-,20?/m0/s1. The number of fused-ring (bicyclic) bond motifs is 1. The second kappa shape index (κ2) is 9.28. The lowest BCUT2D eigenvalue weighted by Crippen LogP contribution is -2.41. The monoisotopic (exact) mass is 432 g/mol. The van der Waals surface area contributed by atoms with E-state index in [0.29, 0.717) is 24.2 Å². The van der Waals surface area contributed by atoms with Crippen molar-refractivity contribution in [1.29, 1.82) is 0 Å². The molecule has 0 spiro atoms. The summed E-state index contributed by atoms with van der Waals surface area (Å²) in [6, 6.07) is 15.2. The van der Waals surface area contributed by atoms with Gasteiger partial charge in [0.2, 0.25) is 5.91 Å². The van der Waals surface area contributed by atoms with Crippen molar-refractivity contribution in [2.45, 2.75) is 31.7 Å². The van der Waals surface area contributed by atoms with Gasteiger partial charge in [-0.25, -0.2) is 9.37 Å². The van der Waals surface area contributed by atoms with Gasteiger partial charge in [0.05, 0.1) is 0 Å². The van der Waals surface area contributed by atoms with Crippen LogP contribution in [0.2, 0.25) is 0 Å². The molecule has 1 aliphatic heterocycles. The molecule has 164 valence electrons. The van der Waals surface area contributed by atoms with Gasteiger partial charge in [-0.1, -0.05) is 31.2 Å². The summed E-state index contributed by atoms with van der Waals surface area (Å²) in [7, 11) is 0. The first-order valence-corrected chi connectivity index (χ1v) is 10.6. The molecule has 2 atom stereocenters. The van der Waals surface area contributed by atoms with E-state index >= 15 is 0 Å². The van der Waals surface area contributed by atoms with Gasteiger partial charge in [-0.2, -0.15) is 0 Å². The molecular weight excluding hydrogens is 407 g/mol. The van der Waals surface area contributed by atoms with Crippen molar-refractivity contribution < 1.29 is 14.0 Å². The molecule has 1 aliphatic rings. The average Bonchev–Trinajstić information content (AvgIpc) is 2.78. The molecule has 4 N–H and O–H groups in total. The van der Waals surface area contributed by atoms with Crippen LogP contribution in [0.1, 0.15) is 40.7 Å². The maximum Gasteiger partial charge on any atom is 0.251 e. The van der Waals surface area contributed by atoms with E-state index in [1.54, 1.807) is 18.3 Å². The summed E-state index contributed by atoms with van der Waals surface area (Å²) in [6.45, 7) is 2.23. The second-order valence-electron chi connectivity index (χ2n) is 8.10. The summed E-state index contributed by atoms with van der Waals surface area (Å²) < 4.78 is 13.5. The third-order valence-electron chi connectivity index (χ3n) is 5.66. The highest BCUT2D eigenvalue weighted by Crippen LogP contribution is 2.38. The number of nitrogens with two attached hydrogens (primary N) is 1. The van der Waals surface area contributed by atoms with Crippen LogP contribution in [-0.2, 0) is 11.2 Å². The molecule has 2 amide bonds. The van der Waals surface area contributed by atoms with Crippen LogP contribution in [0.15, 0.2) is 60.8 Å². The lowest BCUT2D eigenvalue weighted by molar-refractivity contribution is -0.116. The minimum atomic E-state index is -0.322. The van der Waals surface area contributed by atoms with Crippen LogP contribution >= 0.6 is 0 Å². The van der Waals surface area contributed by atoms with Gasteiger partial charge in [0, 0.05) is 36.3 Å². The van der Waals surface area contributed by atoms with Crippen molar-refractivity contribution in [1.82, 2.24) is 10.3 Å². The zero-order valence-corrected chi connectivity index (χ0v) is 17.8. The highest BCUT2D eigenvalue weighted by atomic mass is 19.1. The molecule has 32 heavy (non-hydrogen) atoms. The van der Waals surface area contributed by atoms with Gasteiger partial charge in [-0.3, -0.25) is 9.59 Å². The summed E-state index contributed by atoms with van der Waals surface area (Å²) in [5.41, 5.74) is 9.90. The number of nitrogens with zero attached hydrogens (tertiary/aromatic N) is 1. The number of aromatic nitrogens is 1. The summed E-state index contributed by atoms with van der Waals surface area (Å²) in [6.07, 6.45) is 2.49. The van der Waals surface area contributed by atoms with Crippen LogP contribution in [0.5, 0.6) is 0 Å². The molecule has 0 bridgehead atoms. The summed E-state index contributed by atoms with van der Waals surface area (Å²) in [4.78, 5) is 29.1. The van der Waals surface area contributed by atoms with Crippen LogP contribution in [-0.4, -0.2) is 29.4 Å². The SMILES string of the molecule is C[C@H]1CC(=O)Nc2nccc(-c3cccc(C(=O)NC(CN)Cc4cccc(F)c4)c3)c21. The zero-order chi connectivity index (χ0) is 22.7. The zero-order valence-electron chi connectivity index (χ0n) is 17.8. The van der Waals surface area contributed by atoms with Crippen molar-refractivity contribution in [2.75, 3.05) is 11.9 Å². The van der Waals surface area contributed by atoms with E-state index in [1.807, 2.05) is 37.3 Å². The molecule has 4 rings (SSSR count). The lowest BCUT2D eigenvalue weighted by atomic mass is 9.87. The van der Waals surface area contributed by atoms with Crippen LogP contribution in [0, 0.1) is 5.82 Å². The van der Waals surface area contributed by atoms with Gasteiger partial charge in [0.25, 0.3) is 5.91 Å². The summed E-state index contributed by atoms with van der Waals surface area (Å²) >= 11 is 0. The van der Waals surface area contributed by atoms with Crippen LogP contribution in [0.4, 0.5) is 10.2 Å². The van der Waals surface area contributed by atoms with Gasteiger partial charge >= 0.3 is 0 Å². The average molecular weight is 432 g/mol. The third kappa shape index (κ3) is 4.68. The van der Waals surface area contributed by atoms with E-state index < -0.39 is 0 Å². The smallest absolute Gasteiger partial charge is 0.251 e. The Morgan fingerprint density at radius 2 is 2.06 bits per heavy atom. The molecule has 0 aliphatic carbocycles. The van der Waals surface area contributed by atoms with Gasteiger partial charge in [0.1, 0.15) is 11.6 Å². The first-order chi connectivity index (χ1) is 15.4. The van der Waals surface area contributed by atoms with Gasteiger partial charge in [0.15, 0.2) is 0 Å². The third-order valence-corrected chi connectivity index (χ3v) is 5.66. The Hall–Kier alpha value is -3.58. The van der Waals surface area contributed by atoms with Gasteiger partial charge in [-0.05, 0) is 59.4 Å². The van der Waals surface area contributed by atoms with E-state index in [2.05, 4.69) is 15.6 Å². The number of carbonyl (C=O) groups is 2.